The molecule has 0 fully saturated rings. The number of aliphatic hydroxyl groups is 1. The smallest absolute Gasteiger partial charge is 0.134 e. The van der Waals surface area contributed by atoms with Gasteiger partial charge in [-0.15, -0.1) is 0 Å². The molecular weight excluding hydrogens is 262 g/mol. The van der Waals surface area contributed by atoms with Gasteiger partial charge in [0.2, 0.25) is 0 Å². The first-order valence-corrected chi connectivity index (χ1v) is 7.46. The molecule has 21 heavy (non-hydrogen) atoms. The molecule has 1 unspecified atom stereocenters. The fourth-order valence-corrected chi connectivity index (χ4v) is 2.39. The summed E-state index contributed by atoms with van der Waals surface area (Å²) >= 11 is 0. The Hall–Kier alpha value is -1.87. The van der Waals surface area contributed by atoms with Crippen LogP contribution >= 0.6 is 0 Å². The van der Waals surface area contributed by atoms with Crippen LogP contribution in [-0.2, 0) is 5.60 Å². The lowest BCUT2D eigenvalue weighted by Gasteiger charge is -2.32. The summed E-state index contributed by atoms with van der Waals surface area (Å²) in [4.78, 5) is 4.34. The Morgan fingerprint density at radius 2 is 1.86 bits per heavy atom. The van der Waals surface area contributed by atoms with E-state index in [1.165, 1.54) is 0 Å². The standard InChI is InChI=1S/C18H23NO2/c1-4-13-21-16-10-8-15(9-11-16)18(20,14(2)3)17-7-5-6-12-19-17/h5-12,14,20H,4,13H2,1-3H3. The van der Waals surface area contributed by atoms with Crippen molar-refractivity contribution in [1.29, 1.82) is 0 Å². The molecule has 0 saturated carbocycles. The van der Waals surface area contributed by atoms with E-state index < -0.39 is 5.60 Å². The number of hydrogen-bond donors (Lipinski definition) is 1. The highest BCUT2D eigenvalue weighted by Gasteiger charge is 2.36. The van der Waals surface area contributed by atoms with Crippen LogP contribution < -0.4 is 4.74 Å². The maximum absolute atomic E-state index is 11.2. The van der Waals surface area contributed by atoms with Gasteiger partial charge in [-0.25, -0.2) is 0 Å². The van der Waals surface area contributed by atoms with E-state index in [-0.39, 0.29) is 5.92 Å². The van der Waals surface area contributed by atoms with Crippen molar-refractivity contribution in [2.24, 2.45) is 5.92 Å². The quantitative estimate of drug-likeness (QED) is 0.878. The molecule has 3 heteroatoms. The first-order chi connectivity index (χ1) is 10.1. The highest BCUT2D eigenvalue weighted by molar-refractivity contribution is 5.36. The fourth-order valence-electron chi connectivity index (χ4n) is 2.39. The number of rotatable bonds is 6. The molecule has 3 nitrogen and oxygen atoms in total. The van der Waals surface area contributed by atoms with Crippen LogP contribution in [0.4, 0.5) is 0 Å². The number of aromatic nitrogens is 1. The van der Waals surface area contributed by atoms with Crippen LogP contribution in [0.3, 0.4) is 0 Å². The van der Waals surface area contributed by atoms with Gasteiger partial charge in [0.05, 0.1) is 12.3 Å². The van der Waals surface area contributed by atoms with Crippen LogP contribution in [0.2, 0.25) is 0 Å². The molecule has 1 aromatic carbocycles. The average Bonchev–Trinajstić information content (AvgIpc) is 2.53. The Bertz CT molecular complexity index is 551. The number of pyridine rings is 1. The maximum Gasteiger partial charge on any atom is 0.134 e. The van der Waals surface area contributed by atoms with Crippen molar-refractivity contribution in [3.63, 3.8) is 0 Å². The molecule has 0 spiro atoms. The summed E-state index contributed by atoms with van der Waals surface area (Å²) < 4.78 is 5.59. The highest BCUT2D eigenvalue weighted by Crippen LogP contribution is 2.36. The molecule has 0 amide bonds. The first kappa shape index (κ1) is 15.5. The molecule has 0 saturated heterocycles. The average molecular weight is 285 g/mol. The van der Waals surface area contributed by atoms with Crippen LogP contribution in [0.25, 0.3) is 0 Å². The topological polar surface area (TPSA) is 42.4 Å². The number of hydrogen-bond acceptors (Lipinski definition) is 3. The zero-order chi connectivity index (χ0) is 15.3. The van der Waals surface area contributed by atoms with E-state index in [0.717, 1.165) is 17.7 Å². The molecule has 1 atom stereocenters. The van der Waals surface area contributed by atoms with Crippen LogP contribution in [0, 0.1) is 5.92 Å². The van der Waals surface area contributed by atoms with Gasteiger partial charge >= 0.3 is 0 Å². The fraction of sp³-hybridized carbons (Fsp3) is 0.389. The highest BCUT2D eigenvalue weighted by atomic mass is 16.5. The third-order valence-electron chi connectivity index (χ3n) is 3.66. The van der Waals surface area contributed by atoms with Gasteiger partial charge in [-0.2, -0.15) is 0 Å². The third kappa shape index (κ3) is 3.24. The molecule has 0 aliphatic rings. The van der Waals surface area contributed by atoms with Crippen molar-refractivity contribution in [2.75, 3.05) is 6.61 Å². The van der Waals surface area contributed by atoms with E-state index in [4.69, 9.17) is 4.74 Å². The van der Waals surface area contributed by atoms with E-state index in [1.807, 2.05) is 56.3 Å². The van der Waals surface area contributed by atoms with Gasteiger partial charge in [0.15, 0.2) is 0 Å². The molecule has 0 bridgehead atoms. The lowest BCUT2D eigenvalue weighted by atomic mass is 9.80. The Kier molecular flexibility index (Phi) is 4.97. The van der Waals surface area contributed by atoms with Crippen molar-refractivity contribution in [1.82, 2.24) is 4.98 Å². The van der Waals surface area contributed by atoms with Gasteiger partial charge in [0.1, 0.15) is 11.4 Å². The number of nitrogens with zero attached hydrogens (tertiary/aromatic N) is 1. The van der Waals surface area contributed by atoms with Crippen LogP contribution in [0.5, 0.6) is 5.75 Å². The maximum atomic E-state index is 11.2. The Labute approximate surface area is 126 Å². The van der Waals surface area contributed by atoms with Crippen molar-refractivity contribution in [3.05, 3.63) is 59.9 Å². The number of ether oxygens (including phenoxy) is 1. The lowest BCUT2D eigenvalue weighted by molar-refractivity contribution is 0.0275. The molecule has 112 valence electrons. The van der Waals surface area contributed by atoms with Crippen molar-refractivity contribution in [2.45, 2.75) is 32.8 Å². The second kappa shape index (κ2) is 6.72. The largest absolute Gasteiger partial charge is 0.494 e. The zero-order valence-corrected chi connectivity index (χ0v) is 12.9. The Morgan fingerprint density at radius 1 is 1.14 bits per heavy atom. The second-order valence-corrected chi connectivity index (χ2v) is 5.51. The van der Waals surface area contributed by atoms with Gasteiger partial charge < -0.3 is 9.84 Å². The van der Waals surface area contributed by atoms with Gasteiger partial charge in [-0.05, 0) is 42.2 Å². The summed E-state index contributed by atoms with van der Waals surface area (Å²) in [7, 11) is 0. The lowest BCUT2D eigenvalue weighted by Crippen LogP contribution is -2.34. The van der Waals surface area contributed by atoms with Gasteiger partial charge in [0.25, 0.3) is 0 Å². The third-order valence-corrected chi connectivity index (χ3v) is 3.66. The Morgan fingerprint density at radius 3 is 2.38 bits per heavy atom. The molecule has 0 aliphatic carbocycles. The minimum atomic E-state index is -1.09. The molecular formula is C18H23NO2. The minimum Gasteiger partial charge on any atom is -0.494 e. The summed E-state index contributed by atoms with van der Waals surface area (Å²) in [5.74, 6) is 0.836. The summed E-state index contributed by atoms with van der Waals surface area (Å²) in [5.41, 5.74) is 0.409. The summed E-state index contributed by atoms with van der Waals surface area (Å²) in [6, 6.07) is 13.3. The summed E-state index contributed by atoms with van der Waals surface area (Å²) in [6.07, 6.45) is 2.69. The van der Waals surface area contributed by atoms with Crippen LogP contribution in [0.15, 0.2) is 48.7 Å². The predicted molar refractivity (Wildman–Crippen MR) is 84.3 cm³/mol. The van der Waals surface area contributed by atoms with E-state index in [0.29, 0.717) is 12.3 Å². The molecule has 0 aliphatic heterocycles. The van der Waals surface area contributed by atoms with Crippen LogP contribution in [0.1, 0.15) is 38.4 Å². The summed E-state index contributed by atoms with van der Waals surface area (Å²) in [6.45, 7) is 6.77. The molecule has 1 heterocycles. The molecule has 2 rings (SSSR count). The van der Waals surface area contributed by atoms with Crippen LogP contribution in [-0.4, -0.2) is 16.7 Å². The number of benzene rings is 1. The summed E-state index contributed by atoms with van der Waals surface area (Å²) in [5, 5.41) is 11.2. The van der Waals surface area contributed by atoms with E-state index in [1.54, 1.807) is 6.20 Å². The SMILES string of the molecule is CCCOc1ccc(C(O)(c2ccccn2)C(C)C)cc1. The minimum absolute atomic E-state index is 0.00908. The molecule has 1 N–H and O–H groups in total. The van der Waals surface area contributed by atoms with Crippen molar-refractivity contribution in [3.8, 4) is 5.75 Å². The zero-order valence-electron chi connectivity index (χ0n) is 12.9. The first-order valence-electron chi connectivity index (χ1n) is 7.46. The van der Waals surface area contributed by atoms with E-state index in [2.05, 4.69) is 11.9 Å². The normalized spacial score (nSPS) is 14.0. The van der Waals surface area contributed by atoms with Gasteiger partial charge in [-0.1, -0.05) is 39.0 Å². The second-order valence-electron chi connectivity index (χ2n) is 5.51. The molecule has 1 aromatic heterocycles. The monoisotopic (exact) mass is 285 g/mol. The molecule has 0 radical (unpaired) electrons. The van der Waals surface area contributed by atoms with Gasteiger partial charge in [0, 0.05) is 6.20 Å². The van der Waals surface area contributed by atoms with Crippen molar-refractivity contribution < 1.29 is 9.84 Å². The Balaban J connectivity index is 2.35. The predicted octanol–water partition coefficient (Wildman–Crippen LogP) is 3.76. The van der Waals surface area contributed by atoms with Gasteiger partial charge in [-0.3, -0.25) is 4.98 Å². The van der Waals surface area contributed by atoms with E-state index >= 15 is 0 Å². The molecule has 2 aromatic rings. The van der Waals surface area contributed by atoms with E-state index in [9.17, 15) is 5.11 Å². The van der Waals surface area contributed by atoms with Crippen molar-refractivity contribution >= 4 is 0 Å².